The number of para-hydroxylation sites is 1. The standard InChI is InChI=1S/C38H38O6S/c1-5-37(39,6-2)27-25-29-13-17-31(18-14-29)43-32-21-23-34(24-22-32)45(41,42)36-12-10-9-11-35(36)44-33-19-15-30(16-20-33)26-28-38(40,7-3)8-4/h9-24,39-40H,5-8H2,1-4H3. The van der Waals surface area contributed by atoms with E-state index in [-0.39, 0.29) is 15.5 Å². The summed E-state index contributed by atoms with van der Waals surface area (Å²) in [5.74, 6) is 13.6. The summed E-state index contributed by atoms with van der Waals surface area (Å²) >= 11 is 0. The van der Waals surface area contributed by atoms with Gasteiger partial charge in [0.25, 0.3) is 0 Å². The molecule has 4 aromatic rings. The van der Waals surface area contributed by atoms with E-state index in [1.54, 1.807) is 66.7 Å². The lowest BCUT2D eigenvalue weighted by Gasteiger charge is -2.17. The molecule has 232 valence electrons. The van der Waals surface area contributed by atoms with Crippen molar-refractivity contribution in [1.29, 1.82) is 0 Å². The lowest BCUT2D eigenvalue weighted by atomic mass is 9.98. The number of hydrogen-bond acceptors (Lipinski definition) is 6. The monoisotopic (exact) mass is 622 g/mol. The van der Waals surface area contributed by atoms with E-state index in [2.05, 4.69) is 23.7 Å². The van der Waals surface area contributed by atoms with Gasteiger partial charge in [0.15, 0.2) is 0 Å². The Morgan fingerprint density at radius 2 is 0.978 bits per heavy atom. The van der Waals surface area contributed by atoms with Crippen LogP contribution in [0.4, 0.5) is 0 Å². The zero-order chi connectivity index (χ0) is 32.5. The van der Waals surface area contributed by atoms with Crippen molar-refractivity contribution in [3.05, 3.63) is 108 Å². The molecule has 0 aliphatic carbocycles. The fraction of sp³-hybridized carbons (Fsp3) is 0.263. The molecule has 0 aromatic heterocycles. The molecule has 0 saturated heterocycles. The second-order valence-electron chi connectivity index (χ2n) is 10.7. The van der Waals surface area contributed by atoms with Crippen molar-refractivity contribution in [2.45, 2.75) is 74.4 Å². The third-order valence-corrected chi connectivity index (χ3v) is 9.47. The second-order valence-corrected chi connectivity index (χ2v) is 12.6. The van der Waals surface area contributed by atoms with E-state index in [1.165, 1.54) is 18.2 Å². The van der Waals surface area contributed by atoms with E-state index < -0.39 is 21.0 Å². The SMILES string of the molecule is CCC(O)(C#Cc1ccc(Oc2ccc(S(=O)(=O)c3ccccc3Oc3ccc(C#CC(O)(CC)CC)cc3)cc2)cc1)CC. The molecule has 0 atom stereocenters. The van der Waals surface area contributed by atoms with Crippen molar-refractivity contribution in [1.82, 2.24) is 0 Å². The van der Waals surface area contributed by atoms with E-state index >= 15 is 0 Å². The Labute approximate surface area is 266 Å². The van der Waals surface area contributed by atoms with Crippen LogP contribution in [0.1, 0.15) is 64.5 Å². The third-order valence-electron chi connectivity index (χ3n) is 7.66. The molecular formula is C38H38O6S. The fourth-order valence-electron chi connectivity index (χ4n) is 4.28. The highest BCUT2D eigenvalue weighted by Crippen LogP contribution is 2.34. The van der Waals surface area contributed by atoms with Crippen LogP contribution in [-0.4, -0.2) is 29.8 Å². The Kier molecular flexibility index (Phi) is 10.8. The van der Waals surface area contributed by atoms with E-state index in [0.717, 1.165) is 5.56 Å². The molecular weight excluding hydrogens is 584 g/mol. The zero-order valence-electron chi connectivity index (χ0n) is 26.0. The van der Waals surface area contributed by atoms with Gasteiger partial charge in [-0.3, -0.25) is 0 Å². The van der Waals surface area contributed by atoms with Crippen molar-refractivity contribution >= 4 is 9.84 Å². The van der Waals surface area contributed by atoms with Crippen LogP contribution < -0.4 is 9.47 Å². The van der Waals surface area contributed by atoms with Gasteiger partial charge < -0.3 is 19.7 Å². The second kappa shape index (κ2) is 14.5. The van der Waals surface area contributed by atoms with Crippen molar-refractivity contribution in [3.8, 4) is 46.7 Å². The fourth-order valence-corrected chi connectivity index (χ4v) is 5.66. The molecule has 0 aliphatic heterocycles. The van der Waals surface area contributed by atoms with E-state index in [9.17, 15) is 18.6 Å². The first-order chi connectivity index (χ1) is 21.5. The summed E-state index contributed by atoms with van der Waals surface area (Å²) in [4.78, 5) is 0.133. The van der Waals surface area contributed by atoms with Crippen LogP contribution in [0.15, 0.2) is 107 Å². The summed E-state index contributed by atoms with van der Waals surface area (Å²) in [6.45, 7) is 7.59. The maximum absolute atomic E-state index is 13.6. The Morgan fingerprint density at radius 3 is 1.42 bits per heavy atom. The van der Waals surface area contributed by atoms with Gasteiger partial charge in [0.05, 0.1) is 4.90 Å². The summed E-state index contributed by atoms with van der Waals surface area (Å²) < 4.78 is 39.2. The predicted molar refractivity (Wildman–Crippen MR) is 176 cm³/mol. The highest BCUT2D eigenvalue weighted by atomic mass is 32.2. The highest BCUT2D eigenvalue weighted by Gasteiger charge is 2.23. The van der Waals surface area contributed by atoms with Gasteiger partial charge in [-0.2, -0.15) is 0 Å². The molecule has 4 rings (SSSR count). The van der Waals surface area contributed by atoms with Crippen LogP contribution >= 0.6 is 0 Å². The van der Waals surface area contributed by atoms with Crippen molar-refractivity contribution in [2.24, 2.45) is 0 Å². The summed E-state index contributed by atoms with van der Waals surface area (Å²) in [6.07, 6.45) is 2.18. The van der Waals surface area contributed by atoms with Gasteiger partial charge in [-0.15, -0.1) is 0 Å². The summed E-state index contributed by atoms with van der Waals surface area (Å²) in [6, 6.07) is 26.8. The number of sulfone groups is 1. The van der Waals surface area contributed by atoms with E-state index in [1.807, 2.05) is 39.8 Å². The average molecular weight is 623 g/mol. The largest absolute Gasteiger partial charge is 0.457 e. The van der Waals surface area contributed by atoms with Crippen LogP contribution in [0.5, 0.6) is 23.0 Å². The van der Waals surface area contributed by atoms with Gasteiger partial charge in [0, 0.05) is 11.1 Å². The zero-order valence-corrected chi connectivity index (χ0v) is 26.8. The van der Waals surface area contributed by atoms with E-state index in [0.29, 0.717) is 48.5 Å². The van der Waals surface area contributed by atoms with Gasteiger partial charge in [-0.25, -0.2) is 8.42 Å². The molecule has 0 fully saturated rings. The minimum absolute atomic E-state index is 0.0354. The van der Waals surface area contributed by atoms with Crippen LogP contribution in [0.3, 0.4) is 0 Å². The number of rotatable bonds is 10. The summed E-state index contributed by atoms with van der Waals surface area (Å²) in [7, 11) is -3.91. The maximum Gasteiger partial charge on any atom is 0.210 e. The highest BCUT2D eigenvalue weighted by molar-refractivity contribution is 7.91. The number of aliphatic hydroxyl groups is 2. The summed E-state index contributed by atoms with van der Waals surface area (Å²) in [5.41, 5.74) is -0.548. The van der Waals surface area contributed by atoms with Crippen molar-refractivity contribution < 1.29 is 28.1 Å². The van der Waals surface area contributed by atoms with Crippen LogP contribution in [0.25, 0.3) is 0 Å². The van der Waals surface area contributed by atoms with Gasteiger partial charge in [0.1, 0.15) is 39.1 Å². The molecule has 0 radical (unpaired) electrons. The van der Waals surface area contributed by atoms with Crippen molar-refractivity contribution in [2.75, 3.05) is 0 Å². The van der Waals surface area contributed by atoms with Crippen LogP contribution in [0.2, 0.25) is 0 Å². The Bertz CT molecular complexity index is 1810. The topological polar surface area (TPSA) is 93.1 Å². The molecule has 0 heterocycles. The molecule has 4 aromatic carbocycles. The molecule has 7 heteroatoms. The molecule has 0 bridgehead atoms. The van der Waals surface area contributed by atoms with Gasteiger partial charge in [-0.1, -0.05) is 63.5 Å². The Balaban J connectivity index is 1.47. The first-order valence-corrected chi connectivity index (χ1v) is 16.5. The number of ether oxygens (including phenoxy) is 2. The molecule has 0 aliphatic rings. The maximum atomic E-state index is 13.6. The normalized spacial score (nSPS) is 11.5. The van der Waals surface area contributed by atoms with Crippen LogP contribution in [-0.2, 0) is 9.84 Å². The smallest absolute Gasteiger partial charge is 0.210 e. The minimum atomic E-state index is -3.91. The van der Waals surface area contributed by atoms with Crippen molar-refractivity contribution in [3.63, 3.8) is 0 Å². The minimum Gasteiger partial charge on any atom is -0.457 e. The number of benzene rings is 4. The molecule has 0 amide bonds. The molecule has 2 N–H and O–H groups in total. The predicted octanol–water partition coefficient (Wildman–Crippen LogP) is 7.91. The lowest BCUT2D eigenvalue weighted by molar-refractivity contribution is 0.0927. The summed E-state index contributed by atoms with van der Waals surface area (Å²) in [5, 5.41) is 20.8. The average Bonchev–Trinajstić information content (AvgIpc) is 3.08. The molecule has 0 unspecified atom stereocenters. The Morgan fingerprint density at radius 1 is 0.578 bits per heavy atom. The lowest BCUT2D eigenvalue weighted by Crippen LogP contribution is -2.23. The van der Waals surface area contributed by atoms with Crippen LogP contribution in [0, 0.1) is 23.7 Å². The first kappa shape index (κ1) is 33.4. The number of hydrogen-bond donors (Lipinski definition) is 2. The quantitative estimate of drug-likeness (QED) is 0.175. The molecule has 45 heavy (non-hydrogen) atoms. The van der Waals surface area contributed by atoms with Gasteiger partial charge in [-0.05, 0) is 111 Å². The Hall–Kier alpha value is -4.53. The van der Waals surface area contributed by atoms with Gasteiger partial charge in [0.2, 0.25) is 9.84 Å². The molecule has 6 nitrogen and oxygen atoms in total. The molecule has 0 saturated carbocycles. The molecule has 0 spiro atoms. The third kappa shape index (κ3) is 8.56. The first-order valence-electron chi connectivity index (χ1n) is 15.0. The van der Waals surface area contributed by atoms with E-state index in [4.69, 9.17) is 9.47 Å². The van der Waals surface area contributed by atoms with Gasteiger partial charge >= 0.3 is 0 Å².